The normalized spacial score (nSPS) is 18.1. The molecule has 0 aromatic carbocycles. The molecule has 1 heterocycles. The second-order valence-corrected chi connectivity index (χ2v) is 5.51. The maximum atomic E-state index is 11.8. The van der Waals surface area contributed by atoms with E-state index in [-0.39, 0.29) is 18.2 Å². The molecule has 0 saturated heterocycles. The fraction of sp³-hybridized carbons (Fsp3) is 0.769. The first-order valence-electron chi connectivity index (χ1n) is 6.82. The molecule has 6 heteroatoms. The van der Waals surface area contributed by atoms with Crippen molar-refractivity contribution in [1.82, 2.24) is 20.3 Å². The lowest BCUT2D eigenvalue weighted by atomic mass is 9.96. The van der Waals surface area contributed by atoms with Gasteiger partial charge in [0.25, 0.3) is 0 Å². The third kappa shape index (κ3) is 3.53. The number of nitrogens with one attached hydrogen (secondary N) is 1. The quantitative estimate of drug-likeness (QED) is 0.797. The number of hydrogen-bond acceptors (Lipinski definition) is 4. The highest BCUT2D eigenvalue weighted by molar-refractivity contribution is 5.77. The summed E-state index contributed by atoms with van der Waals surface area (Å²) in [6.45, 7) is 6.66. The van der Waals surface area contributed by atoms with Gasteiger partial charge < -0.3 is 10.4 Å². The molecule has 0 aliphatic heterocycles. The number of hydrogen-bond donors (Lipinski definition) is 2. The fourth-order valence-electron chi connectivity index (χ4n) is 2.19. The van der Waals surface area contributed by atoms with Gasteiger partial charge in [-0.05, 0) is 39.5 Å². The summed E-state index contributed by atoms with van der Waals surface area (Å²) in [5, 5.41) is 21.4. The minimum atomic E-state index is -0.875. The molecule has 1 aliphatic carbocycles. The molecule has 1 atom stereocenters. The maximum Gasteiger partial charge on any atom is 0.223 e. The van der Waals surface area contributed by atoms with Gasteiger partial charge in [0, 0.05) is 0 Å². The Labute approximate surface area is 113 Å². The Bertz CT molecular complexity index is 463. The topological polar surface area (TPSA) is 80.0 Å². The van der Waals surface area contributed by atoms with Crippen molar-refractivity contribution in [2.24, 2.45) is 5.92 Å². The van der Waals surface area contributed by atoms with Crippen molar-refractivity contribution in [3.8, 4) is 0 Å². The first-order valence-corrected chi connectivity index (χ1v) is 6.82. The number of aryl methyl sites for hydroxylation is 2. The molecule has 1 fully saturated rings. The standard InChI is InChI=1S/C13H22N4O2/c1-4-17-15-9(2)11(16-17)8-14-12(18)7-13(3,19)10-5-6-10/h10,19H,4-8H2,1-3H3,(H,14,18). The van der Waals surface area contributed by atoms with Gasteiger partial charge in [0.2, 0.25) is 5.91 Å². The van der Waals surface area contributed by atoms with Crippen molar-refractivity contribution < 1.29 is 9.90 Å². The van der Waals surface area contributed by atoms with E-state index in [1.807, 2.05) is 13.8 Å². The second-order valence-electron chi connectivity index (χ2n) is 5.51. The number of carbonyl (C=O) groups excluding carboxylic acids is 1. The average Bonchev–Trinajstić information content (AvgIpc) is 3.12. The van der Waals surface area contributed by atoms with E-state index in [4.69, 9.17) is 0 Å². The van der Waals surface area contributed by atoms with Crippen LogP contribution in [0.1, 0.15) is 44.5 Å². The van der Waals surface area contributed by atoms with Crippen molar-refractivity contribution in [3.63, 3.8) is 0 Å². The first-order chi connectivity index (χ1) is 8.92. The van der Waals surface area contributed by atoms with Crippen LogP contribution in [0, 0.1) is 12.8 Å². The van der Waals surface area contributed by atoms with Crippen molar-refractivity contribution in [3.05, 3.63) is 11.4 Å². The van der Waals surface area contributed by atoms with Crippen LogP contribution in [0.4, 0.5) is 0 Å². The molecule has 106 valence electrons. The van der Waals surface area contributed by atoms with Crippen LogP contribution in [0.25, 0.3) is 0 Å². The predicted molar refractivity (Wildman–Crippen MR) is 70.2 cm³/mol. The molecule has 2 N–H and O–H groups in total. The Kier molecular flexibility index (Phi) is 3.89. The van der Waals surface area contributed by atoms with Crippen LogP contribution >= 0.6 is 0 Å². The van der Waals surface area contributed by atoms with Crippen molar-refractivity contribution in [2.75, 3.05) is 0 Å². The molecule has 1 amide bonds. The largest absolute Gasteiger partial charge is 0.389 e. The Hall–Kier alpha value is -1.43. The van der Waals surface area contributed by atoms with Gasteiger partial charge in [0.15, 0.2) is 0 Å². The summed E-state index contributed by atoms with van der Waals surface area (Å²) in [7, 11) is 0. The van der Waals surface area contributed by atoms with E-state index in [2.05, 4.69) is 15.5 Å². The molecule has 2 rings (SSSR count). The lowest BCUT2D eigenvalue weighted by molar-refractivity contribution is -0.126. The van der Waals surface area contributed by atoms with E-state index in [9.17, 15) is 9.90 Å². The predicted octanol–water partition coefficient (Wildman–Crippen LogP) is 0.774. The van der Waals surface area contributed by atoms with Crippen LogP contribution in [0.3, 0.4) is 0 Å². The van der Waals surface area contributed by atoms with E-state index in [0.717, 1.165) is 24.2 Å². The van der Waals surface area contributed by atoms with Gasteiger partial charge >= 0.3 is 0 Å². The highest BCUT2D eigenvalue weighted by Gasteiger charge is 2.41. The van der Waals surface area contributed by atoms with Crippen molar-refractivity contribution in [2.45, 2.75) is 58.7 Å². The van der Waals surface area contributed by atoms with Crippen LogP contribution in [-0.2, 0) is 17.9 Å². The van der Waals surface area contributed by atoms with Gasteiger partial charge in [-0.3, -0.25) is 4.79 Å². The Morgan fingerprint density at radius 3 is 2.74 bits per heavy atom. The van der Waals surface area contributed by atoms with E-state index < -0.39 is 5.60 Å². The maximum absolute atomic E-state index is 11.8. The van der Waals surface area contributed by atoms with Crippen LogP contribution < -0.4 is 5.32 Å². The summed E-state index contributed by atoms with van der Waals surface area (Å²) in [6.07, 6.45) is 2.19. The van der Waals surface area contributed by atoms with Gasteiger partial charge in [-0.2, -0.15) is 15.0 Å². The van der Waals surface area contributed by atoms with Gasteiger partial charge in [-0.1, -0.05) is 0 Å². The van der Waals surface area contributed by atoms with Crippen LogP contribution in [0.2, 0.25) is 0 Å². The third-order valence-electron chi connectivity index (χ3n) is 3.63. The molecule has 1 saturated carbocycles. The molecule has 0 radical (unpaired) electrons. The molecular weight excluding hydrogens is 244 g/mol. The minimum absolute atomic E-state index is 0.137. The summed E-state index contributed by atoms with van der Waals surface area (Å²) >= 11 is 0. The van der Waals surface area contributed by atoms with Crippen LogP contribution in [0.5, 0.6) is 0 Å². The molecule has 1 unspecified atom stereocenters. The van der Waals surface area contributed by atoms with Crippen molar-refractivity contribution >= 4 is 5.91 Å². The molecule has 6 nitrogen and oxygen atoms in total. The van der Waals surface area contributed by atoms with E-state index in [1.54, 1.807) is 11.7 Å². The summed E-state index contributed by atoms with van der Waals surface area (Å²) < 4.78 is 0. The Morgan fingerprint density at radius 2 is 2.21 bits per heavy atom. The monoisotopic (exact) mass is 266 g/mol. The average molecular weight is 266 g/mol. The van der Waals surface area contributed by atoms with Crippen LogP contribution in [0.15, 0.2) is 0 Å². The number of amides is 1. The number of carbonyl (C=O) groups is 1. The first kappa shape index (κ1) is 14.0. The Morgan fingerprint density at radius 1 is 1.53 bits per heavy atom. The molecule has 1 aromatic heterocycles. The second kappa shape index (κ2) is 5.28. The zero-order valence-corrected chi connectivity index (χ0v) is 11.8. The fourth-order valence-corrected chi connectivity index (χ4v) is 2.19. The molecule has 0 spiro atoms. The lowest BCUT2D eigenvalue weighted by Gasteiger charge is -2.21. The van der Waals surface area contributed by atoms with E-state index in [0.29, 0.717) is 13.1 Å². The molecule has 1 aliphatic rings. The SMILES string of the molecule is CCn1nc(C)c(CNC(=O)CC(C)(O)C2CC2)n1. The zero-order chi connectivity index (χ0) is 14.0. The summed E-state index contributed by atoms with van der Waals surface area (Å²) in [4.78, 5) is 13.4. The summed E-state index contributed by atoms with van der Waals surface area (Å²) in [5.74, 6) is 0.142. The third-order valence-corrected chi connectivity index (χ3v) is 3.63. The molecule has 0 bridgehead atoms. The molecule has 1 aromatic rings. The highest BCUT2D eigenvalue weighted by atomic mass is 16.3. The number of aromatic nitrogens is 3. The molecular formula is C13H22N4O2. The van der Waals surface area contributed by atoms with Gasteiger partial charge in [-0.15, -0.1) is 0 Å². The Balaban J connectivity index is 1.84. The lowest BCUT2D eigenvalue weighted by Crippen LogP contribution is -2.36. The van der Waals surface area contributed by atoms with Crippen molar-refractivity contribution in [1.29, 1.82) is 0 Å². The minimum Gasteiger partial charge on any atom is -0.389 e. The van der Waals surface area contributed by atoms with Crippen LogP contribution in [-0.4, -0.2) is 31.6 Å². The summed E-state index contributed by atoms with van der Waals surface area (Å²) in [5.41, 5.74) is 0.734. The number of aliphatic hydroxyl groups is 1. The number of rotatable bonds is 6. The molecule has 19 heavy (non-hydrogen) atoms. The van der Waals surface area contributed by atoms with E-state index in [1.165, 1.54) is 0 Å². The van der Waals surface area contributed by atoms with Gasteiger partial charge in [0.05, 0.1) is 30.8 Å². The van der Waals surface area contributed by atoms with Gasteiger partial charge in [0.1, 0.15) is 5.69 Å². The van der Waals surface area contributed by atoms with Gasteiger partial charge in [-0.25, -0.2) is 0 Å². The van der Waals surface area contributed by atoms with E-state index >= 15 is 0 Å². The number of nitrogens with zero attached hydrogens (tertiary/aromatic N) is 3. The summed E-state index contributed by atoms with van der Waals surface area (Å²) in [6, 6.07) is 0. The zero-order valence-electron chi connectivity index (χ0n) is 11.8. The highest BCUT2D eigenvalue weighted by Crippen LogP contribution is 2.41. The smallest absolute Gasteiger partial charge is 0.223 e.